The molecule has 1 aliphatic rings. The van der Waals surface area contributed by atoms with Crippen LogP contribution in [0.15, 0.2) is 42.5 Å². The molecule has 1 heterocycles. The van der Waals surface area contributed by atoms with E-state index in [1.165, 1.54) is 5.56 Å². The Morgan fingerprint density at radius 2 is 1.79 bits per heavy atom. The molecule has 5 heteroatoms. The minimum atomic E-state index is -0.112. The number of fused-ring (bicyclic) bond motifs is 1. The van der Waals surface area contributed by atoms with Crippen molar-refractivity contribution < 1.29 is 14.3 Å². The van der Waals surface area contributed by atoms with Gasteiger partial charge in [-0.15, -0.1) is 0 Å². The van der Waals surface area contributed by atoms with Crippen LogP contribution in [0.5, 0.6) is 11.5 Å². The van der Waals surface area contributed by atoms with E-state index < -0.39 is 0 Å². The average Bonchev–Trinajstić information content (AvgIpc) is 2.84. The maximum atomic E-state index is 12.7. The highest BCUT2D eigenvalue weighted by molar-refractivity contribution is 6.00. The first-order valence-electron chi connectivity index (χ1n) is 8.13. The fraction of sp³-hybridized carbons (Fsp3) is 0.316. The molecule has 5 nitrogen and oxygen atoms in total. The molecule has 24 heavy (non-hydrogen) atoms. The van der Waals surface area contributed by atoms with Gasteiger partial charge in [-0.1, -0.05) is 30.3 Å². The van der Waals surface area contributed by atoms with Gasteiger partial charge in [0.1, 0.15) is 0 Å². The van der Waals surface area contributed by atoms with Crippen molar-refractivity contribution in [3.63, 3.8) is 0 Å². The first-order chi connectivity index (χ1) is 11.6. The lowest BCUT2D eigenvalue weighted by Crippen LogP contribution is -2.29. The molecule has 2 N–H and O–H groups in total. The summed E-state index contributed by atoms with van der Waals surface area (Å²) in [5.74, 6) is 1.08. The van der Waals surface area contributed by atoms with Crippen LogP contribution in [0.1, 0.15) is 22.3 Å². The number of nitrogen functional groups attached to an aromatic ring is 1. The fourth-order valence-corrected chi connectivity index (χ4v) is 2.66. The van der Waals surface area contributed by atoms with Crippen LogP contribution in [0.4, 0.5) is 5.69 Å². The number of likely N-dealkylation sites (N-methyl/N-ethyl adjacent to an activating group) is 1. The topological polar surface area (TPSA) is 64.8 Å². The number of benzene rings is 2. The Balaban J connectivity index is 1.73. The standard InChI is InChI=1S/C19H22N2O3/c1-21(9-8-14-6-3-2-4-7-14)19(22)15-12-17-18(13-16(15)20)24-11-5-10-23-17/h2-4,6-7,12-13H,5,8-11,20H2,1H3. The van der Waals surface area contributed by atoms with E-state index in [-0.39, 0.29) is 5.91 Å². The molecule has 0 bridgehead atoms. The summed E-state index contributed by atoms with van der Waals surface area (Å²) in [5, 5.41) is 0. The minimum Gasteiger partial charge on any atom is -0.490 e. The normalized spacial score (nSPS) is 13.2. The number of nitrogens with zero attached hydrogens (tertiary/aromatic N) is 1. The Kier molecular flexibility index (Phi) is 4.89. The first-order valence-corrected chi connectivity index (χ1v) is 8.13. The van der Waals surface area contributed by atoms with Gasteiger partial charge < -0.3 is 20.1 Å². The SMILES string of the molecule is CN(CCc1ccccc1)C(=O)c1cc2c(cc1N)OCCCO2. The van der Waals surface area contributed by atoms with E-state index in [4.69, 9.17) is 15.2 Å². The van der Waals surface area contributed by atoms with Crippen LogP contribution in [0.25, 0.3) is 0 Å². The van der Waals surface area contributed by atoms with Gasteiger partial charge in [0.25, 0.3) is 5.91 Å². The largest absolute Gasteiger partial charge is 0.490 e. The third kappa shape index (κ3) is 3.62. The number of nitrogens with two attached hydrogens (primary N) is 1. The van der Waals surface area contributed by atoms with Gasteiger partial charge in [0.15, 0.2) is 11.5 Å². The number of ether oxygens (including phenoxy) is 2. The Bertz CT molecular complexity index is 716. The van der Waals surface area contributed by atoms with E-state index in [2.05, 4.69) is 12.1 Å². The number of amides is 1. The third-order valence-corrected chi connectivity index (χ3v) is 4.08. The predicted octanol–water partition coefficient (Wildman–Crippen LogP) is 2.74. The Hall–Kier alpha value is -2.69. The third-order valence-electron chi connectivity index (χ3n) is 4.08. The predicted molar refractivity (Wildman–Crippen MR) is 93.6 cm³/mol. The molecule has 126 valence electrons. The summed E-state index contributed by atoms with van der Waals surface area (Å²) in [5.41, 5.74) is 8.12. The van der Waals surface area contributed by atoms with Crippen molar-refractivity contribution in [1.82, 2.24) is 4.90 Å². The zero-order valence-electron chi connectivity index (χ0n) is 13.8. The molecule has 1 aliphatic heterocycles. The minimum absolute atomic E-state index is 0.112. The number of anilines is 1. The van der Waals surface area contributed by atoms with Crippen molar-refractivity contribution >= 4 is 11.6 Å². The van der Waals surface area contributed by atoms with E-state index >= 15 is 0 Å². The second-order valence-corrected chi connectivity index (χ2v) is 5.90. The summed E-state index contributed by atoms with van der Waals surface area (Å²) in [6, 6.07) is 13.5. The zero-order valence-corrected chi connectivity index (χ0v) is 13.8. The highest BCUT2D eigenvalue weighted by Crippen LogP contribution is 2.34. The molecule has 3 rings (SSSR count). The second-order valence-electron chi connectivity index (χ2n) is 5.90. The monoisotopic (exact) mass is 326 g/mol. The lowest BCUT2D eigenvalue weighted by atomic mass is 10.1. The molecular weight excluding hydrogens is 304 g/mol. The molecule has 0 spiro atoms. The zero-order chi connectivity index (χ0) is 16.9. The summed E-state index contributed by atoms with van der Waals surface area (Å²) >= 11 is 0. The van der Waals surface area contributed by atoms with Gasteiger partial charge >= 0.3 is 0 Å². The van der Waals surface area contributed by atoms with Crippen LogP contribution in [0.2, 0.25) is 0 Å². The van der Waals surface area contributed by atoms with E-state index in [1.807, 2.05) is 18.2 Å². The molecule has 2 aromatic carbocycles. The summed E-state index contributed by atoms with van der Waals surface area (Å²) in [6.45, 7) is 1.79. The molecule has 0 saturated heterocycles. The van der Waals surface area contributed by atoms with Crippen LogP contribution in [-0.2, 0) is 6.42 Å². The van der Waals surface area contributed by atoms with E-state index in [9.17, 15) is 4.79 Å². The molecule has 2 aromatic rings. The van der Waals surface area contributed by atoms with Crippen LogP contribution < -0.4 is 15.2 Å². The Morgan fingerprint density at radius 3 is 2.50 bits per heavy atom. The van der Waals surface area contributed by atoms with Crippen LogP contribution in [0.3, 0.4) is 0 Å². The number of rotatable bonds is 4. The lowest BCUT2D eigenvalue weighted by molar-refractivity contribution is 0.0797. The highest BCUT2D eigenvalue weighted by atomic mass is 16.5. The van der Waals surface area contributed by atoms with E-state index in [0.29, 0.717) is 42.5 Å². The van der Waals surface area contributed by atoms with Crippen molar-refractivity contribution in [2.75, 3.05) is 32.5 Å². The van der Waals surface area contributed by atoms with Gasteiger partial charge in [-0.3, -0.25) is 4.79 Å². The van der Waals surface area contributed by atoms with Crippen molar-refractivity contribution in [2.24, 2.45) is 0 Å². The molecule has 0 aromatic heterocycles. The molecule has 0 aliphatic carbocycles. The molecule has 0 unspecified atom stereocenters. The van der Waals surface area contributed by atoms with Gasteiger partial charge in [0.05, 0.1) is 18.8 Å². The Labute approximate surface area is 142 Å². The highest BCUT2D eigenvalue weighted by Gasteiger charge is 2.20. The second kappa shape index (κ2) is 7.25. The maximum Gasteiger partial charge on any atom is 0.255 e. The molecule has 1 amide bonds. The molecule has 0 atom stereocenters. The summed E-state index contributed by atoms with van der Waals surface area (Å²) in [4.78, 5) is 14.4. The summed E-state index contributed by atoms with van der Waals surface area (Å²) in [7, 11) is 1.79. The molecule has 0 fully saturated rings. The van der Waals surface area contributed by atoms with Gasteiger partial charge in [0, 0.05) is 31.8 Å². The van der Waals surface area contributed by atoms with Gasteiger partial charge in [-0.25, -0.2) is 0 Å². The van der Waals surface area contributed by atoms with Crippen molar-refractivity contribution in [1.29, 1.82) is 0 Å². The van der Waals surface area contributed by atoms with Gasteiger partial charge in [0.2, 0.25) is 0 Å². The number of hydrogen-bond acceptors (Lipinski definition) is 4. The van der Waals surface area contributed by atoms with Crippen LogP contribution in [0, 0.1) is 0 Å². The molecular formula is C19H22N2O3. The van der Waals surface area contributed by atoms with Crippen LogP contribution in [-0.4, -0.2) is 37.6 Å². The quantitative estimate of drug-likeness (QED) is 0.878. The number of carbonyl (C=O) groups is 1. The summed E-state index contributed by atoms with van der Waals surface area (Å²) in [6.07, 6.45) is 1.61. The van der Waals surface area contributed by atoms with E-state index in [0.717, 1.165) is 12.8 Å². The maximum absolute atomic E-state index is 12.7. The van der Waals surface area contributed by atoms with E-state index in [1.54, 1.807) is 24.1 Å². The van der Waals surface area contributed by atoms with Crippen molar-refractivity contribution in [3.05, 3.63) is 53.6 Å². The van der Waals surface area contributed by atoms with Crippen molar-refractivity contribution in [3.8, 4) is 11.5 Å². The number of carbonyl (C=O) groups excluding carboxylic acids is 1. The lowest BCUT2D eigenvalue weighted by Gasteiger charge is -2.19. The smallest absolute Gasteiger partial charge is 0.255 e. The van der Waals surface area contributed by atoms with Gasteiger partial charge in [-0.05, 0) is 18.1 Å². The number of hydrogen-bond donors (Lipinski definition) is 1. The first kappa shape index (κ1) is 16.2. The average molecular weight is 326 g/mol. The van der Waals surface area contributed by atoms with Crippen LogP contribution >= 0.6 is 0 Å². The molecule has 0 saturated carbocycles. The van der Waals surface area contributed by atoms with Gasteiger partial charge in [-0.2, -0.15) is 0 Å². The Morgan fingerprint density at radius 1 is 1.12 bits per heavy atom. The van der Waals surface area contributed by atoms with Crippen molar-refractivity contribution in [2.45, 2.75) is 12.8 Å². The summed E-state index contributed by atoms with van der Waals surface area (Å²) < 4.78 is 11.3. The fourth-order valence-electron chi connectivity index (χ4n) is 2.66. The molecule has 0 radical (unpaired) electrons.